The van der Waals surface area contributed by atoms with Crippen LogP contribution in [0.5, 0.6) is 0 Å². The van der Waals surface area contributed by atoms with Crippen molar-refractivity contribution in [3.8, 4) is 0 Å². The van der Waals surface area contributed by atoms with E-state index in [0.29, 0.717) is 25.1 Å². The largest absolute Gasteiger partial charge is 0.391 e. The number of amides is 1. The monoisotopic (exact) mass is 283 g/mol. The van der Waals surface area contributed by atoms with E-state index in [1.807, 2.05) is 25.1 Å². The third-order valence-corrected chi connectivity index (χ3v) is 3.20. The number of aliphatic hydroxyl groups is 1. The molecule has 1 aromatic carbocycles. The van der Waals surface area contributed by atoms with Crippen molar-refractivity contribution in [1.82, 2.24) is 4.90 Å². The number of carbonyl (C=O) groups is 1. The van der Waals surface area contributed by atoms with Crippen LogP contribution in [0.2, 0.25) is 0 Å². The lowest BCUT2D eigenvalue weighted by Gasteiger charge is -2.16. The molecule has 1 unspecified atom stereocenters. The Hall–Kier alpha value is -0.870. The molecule has 0 aliphatic carbocycles. The smallest absolute Gasteiger partial charge is 0.253 e. The van der Waals surface area contributed by atoms with Crippen LogP contribution in [0.1, 0.15) is 22.3 Å². The molecule has 1 aromatic rings. The highest BCUT2D eigenvalue weighted by Gasteiger charge is 2.25. The Balaban J connectivity index is 2.20. The van der Waals surface area contributed by atoms with Crippen molar-refractivity contribution < 1.29 is 9.90 Å². The quantitative estimate of drug-likeness (QED) is 0.856. The van der Waals surface area contributed by atoms with Gasteiger partial charge in [-0.15, -0.1) is 0 Å². The molecule has 2 rings (SSSR count). The summed E-state index contributed by atoms with van der Waals surface area (Å²) in [5.74, 6) is 0.000880. The highest BCUT2D eigenvalue weighted by Crippen LogP contribution is 2.19. The van der Waals surface area contributed by atoms with Crippen LogP contribution in [-0.2, 0) is 0 Å². The van der Waals surface area contributed by atoms with Gasteiger partial charge in [0.2, 0.25) is 0 Å². The number of hydrogen-bond acceptors (Lipinski definition) is 2. The van der Waals surface area contributed by atoms with E-state index >= 15 is 0 Å². The minimum absolute atomic E-state index is 0.000880. The summed E-state index contributed by atoms with van der Waals surface area (Å²) in [5.41, 5.74) is 1.73. The van der Waals surface area contributed by atoms with Gasteiger partial charge in [-0.1, -0.05) is 15.9 Å². The highest BCUT2D eigenvalue weighted by atomic mass is 79.9. The van der Waals surface area contributed by atoms with Crippen molar-refractivity contribution in [2.24, 2.45) is 0 Å². The van der Waals surface area contributed by atoms with Crippen LogP contribution < -0.4 is 0 Å². The molecule has 0 aromatic heterocycles. The van der Waals surface area contributed by atoms with Crippen LogP contribution >= 0.6 is 15.9 Å². The molecule has 1 aliphatic rings. The van der Waals surface area contributed by atoms with Crippen molar-refractivity contribution in [1.29, 1.82) is 0 Å². The van der Waals surface area contributed by atoms with E-state index in [4.69, 9.17) is 0 Å². The zero-order valence-electron chi connectivity index (χ0n) is 9.11. The van der Waals surface area contributed by atoms with E-state index in [9.17, 15) is 9.90 Å². The highest BCUT2D eigenvalue weighted by molar-refractivity contribution is 9.10. The first-order valence-corrected chi connectivity index (χ1v) is 6.10. The zero-order chi connectivity index (χ0) is 11.7. The molecular weight excluding hydrogens is 270 g/mol. The fraction of sp³-hybridized carbons (Fsp3) is 0.417. The predicted octanol–water partition coefficient (Wildman–Crippen LogP) is 1.96. The fourth-order valence-electron chi connectivity index (χ4n) is 1.97. The molecule has 16 heavy (non-hydrogen) atoms. The molecule has 1 atom stereocenters. The maximum Gasteiger partial charge on any atom is 0.253 e. The van der Waals surface area contributed by atoms with Gasteiger partial charge in [0.25, 0.3) is 5.91 Å². The Kier molecular flexibility index (Phi) is 3.30. The third-order valence-electron chi connectivity index (χ3n) is 2.74. The summed E-state index contributed by atoms with van der Waals surface area (Å²) in [6, 6.07) is 5.66. The van der Waals surface area contributed by atoms with E-state index in [0.717, 1.165) is 10.0 Å². The Bertz CT molecular complexity index is 399. The molecule has 1 aliphatic heterocycles. The van der Waals surface area contributed by atoms with E-state index in [1.54, 1.807) is 4.90 Å². The van der Waals surface area contributed by atoms with Gasteiger partial charge in [0.1, 0.15) is 0 Å². The standard InChI is InChI=1S/C12H14BrNO2/c1-8-4-9(6-10(13)5-8)12(16)14-3-2-11(15)7-14/h4-6,11,15H,2-3,7H2,1H3. The Morgan fingerprint density at radius 1 is 1.50 bits per heavy atom. The number of aliphatic hydroxyl groups excluding tert-OH is 1. The van der Waals surface area contributed by atoms with Crippen LogP contribution in [-0.4, -0.2) is 35.1 Å². The fourth-order valence-corrected chi connectivity index (χ4v) is 2.58. The number of halogens is 1. The topological polar surface area (TPSA) is 40.5 Å². The van der Waals surface area contributed by atoms with Gasteiger partial charge in [0.05, 0.1) is 6.10 Å². The number of likely N-dealkylation sites (tertiary alicyclic amines) is 1. The SMILES string of the molecule is Cc1cc(Br)cc(C(=O)N2CCC(O)C2)c1. The van der Waals surface area contributed by atoms with Crippen LogP contribution in [0, 0.1) is 6.92 Å². The molecule has 1 heterocycles. The van der Waals surface area contributed by atoms with Gasteiger partial charge in [-0.3, -0.25) is 4.79 Å². The molecule has 4 heteroatoms. The van der Waals surface area contributed by atoms with E-state index in [2.05, 4.69) is 15.9 Å². The number of rotatable bonds is 1. The number of β-amino-alcohol motifs (C(OH)–C–C–N with tert-alkyl or cyclic N) is 1. The number of nitrogens with zero attached hydrogens (tertiary/aromatic N) is 1. The second-order valence-corrected chi connectivity index (χ2v) is 5.13. The van der Waals surface area contributed by atoms with Crippen LogP contribution in [0.25, 0.3) is 0 Å². The van der Waals surface area contributed by atoms with Gasteiger partial charge in [-0.2, -0.15) is 0 Å². The molecule has 1 amide bonds. The van der Waals surface area contributed by atoms with E-state index < -0.39 is 0 Å². The average molecular weight is 284 g/mol. The lowest BCUT2D eigenvalue weighted by atomic mass is 10.1. The number of aryl methyl sites for hydroxylation is 1. The van der Waals surface area contributed by atoms with Crippen molar-refractivity contribution in [2.75, 3.05) is 13.1 Å². The molecule has 1 N–H and O–H groups in total. The van der Waals surface area contributed by atoms with Gasteiger partial charge in [-0.05, 0) is 37.1 Å². The van der Waals surface area contributed by atoms with Gasteiger partial charge < -0.3 is 10.0 Å². The van der Waals surface area contributed by atoms with Crippen molar-refractivity contribution in [2.45, 2.75) is 19.4 Å². The van der Waals surface area contributed by atoms with Crippen molar-refractivity contribution in [3.63, 3.8) is 0 Å². The van der Waals surface area contributed by atoms with Gasteiger partial charge in [0, 0.05) is 23.1 Å². The van der Waals surface area contributed by atoms with Gasteiger partial charge in [-0.25, -0.2) is 0 Å². The Morgan fingerprint density at radius 2 is 2.25 bits per heavy atom. The lowest BCUT2D eigenvalue weighted by Crippen LogP contribution is -2.29. The predicted molar refractivity (Wildman–Crippen MR) is 65.4 cm³/mol. The Labute approximate surface area is 103 Å². The van der Waals surface area contributed by atoms with Crippen LogP contribution in [0.15, 0.2) is 22.7 Å². The molecule has 0 radical (unpaired) electrons. The summed E-state index contributed by atoms with van der Waals surface area (Å²) >= 11 is 3.38. The normalized spacial score (nSPS) is 20.2. The summed E-state index contributed by atoms with van der Waals surface area (Å²) in [6.45, 7) is 3.05. The first-order chi connectivity index (χ1) is 7.56. The molecule has 0 saturated carbocycles. The molecular formula is C12H14BrNO2. The van der Waals surface area contributed by atoms with Crippen LogP contribution in [0.4, 0.5) is 0 Å². The zero-order valence-corrected chi connectivity index (χ0v) is 10.7. The summed E-state index contributed by atoms with van der Waals surface area (Å²) in [4.78, 5) is 13.8. The summed E-state index contributed by atoms with van der Waals surface area (Å²) in [6.07, 6.45) is 0.316. The Morgan fingerprint density at radius 3 is 2.81 bits per heavy atom. The second kappa shape index (κ2) is 4.55. The number of hydrogen-bond donors (Lipinski definition) is 1. The summed E-state index contributed by atoms with van der Waals surface area (Å²) < 4.78 is 0.913. The van der Waals surface area contributed by atoms with Gasteiger partial charge in [0.15, 0.2) is 0 Å². The molecule has 3 nitrogen and oxygen atoms in total. The maximum atomic E-state index is 12.1. The number of benzene rings is 1. The molecule has 0 spiro atoms. The first kappa shape index (κ1) is 11.6. The maximum absolute atomic E-state index is 12.1. The number of carbonyl (C=O) groups excluding carboxylic acids is 1. The average Bonchev–Trinajstić information content (AvgIpc) is 2.62. The second-order valence-electron chi connectivity index (χ2n) is 4.21. The lowest BCUT2D eigenvalue weighted by molar-refractivity contribution is 0.0765. The summed E-state index contributed by atoms with van der Waals surface area (Å²) in [7, 11) is 0. The van der Waals surface area contributed by atoms with Crippen molar-refractivity contribution >= 4 is 21.8 Å². The minimum Gasteiger partial charge on any atom is -0.391 e. The molecule has 0 bridgehead atoms. The molecule has 1 saturated heterocycles. The van der Waals surface area contributed by atoms with Crippen molar-refractivity contribution in [3.05, 3.63) is 33.8 Å². The molecule has 86 valence electrons. The minimum atomic E-state index is -0.364. The first-order valence-electron chi connectivity index (χ1n) is 5.31. The van der Waals surface area contributed by atoms with E-state index in [1.165, 1.54) is 0 Å². The molecule has 1 fully saturated rings. The van der Waals surface area contributed by atoms with Crippen LogP contribution in [0.3, 0.4) is 0 Å². The van der Waals surface area contributed by atoms with E-state index in [-0.39, 0.29) is 12.0 Å². The van der Waals surface area contributed by atoms with Gasteiger partial charge >= 0.3 is 0 Å². The third kappa shape index (κ3) is 2.44. The summed E-state index contributed by atoms with van der Waals surface area (Å²) in [5, 5.41) is 9.40.